The van der Waals surface area contributed by atoms with Crippen molar-refractivity contribution >= 4 is 12.0 Å². The molecule has 0 spiro atoms. The lowest BCUT2D eigenvalue weighted by Gasteiger charge is -2.39. The monoisotopic (exact) mass is 349 g/mol. The number of nitrogens with zero attached hydrogens (tertiary/aromatic N) is 4. The fourth-order valence-corrected chi connectivity index (χ4v) is 3.49. The molecule has 0 atom stereocenters. The Hall–Kier alpha value is -2.09. The summed E-state index contributed by atoms with van der Waals surface area (Å²) in [6.45, 7) is 7.05. The van der Waals surface area contributed by atoms with Crippen LogP contribution in [0.5, 0.6) is 0 Å². The molecule has 0 unspecified atom stereocenters. The summed E-state index contributed by atoms with van der Waals surface area (Å²) in [7, 11) is 0. The van der Waals surface area contributed by atoms with Gasteiger partial charge < -0.3 is 19.9 Å². The Morgan fingerprint density at radius 1 is 1.16 bits per heavy atom. The maximum Gasteiger partial charge on any atom is 0.320 e. The number of piperazine rings is 1. The van der Waals surface area contributed by atoms with Crippen LogP contribution in [-0.2, 0) is 17.8 Å². The van der Waals surface area contributed by atoms with Crippen molar-refractivity contribution in [2.75, 3.05) is 39.3 Å². The summed E-state index contributed by atoms with van der Waals surface area (Å²) in [5.41, 5.74) is 1.15. The lowest BCUT2D eigenvalue weighted by molar-refractivity contribution is -0.143. The largest absolute Gasteiger partial charge is 0.481 e. The molecule has 2 fully saturated rings. The first-order chi connectivity index (χ1) is 12.1. The Morgan fingerprint density at radius 3 is 2.36 bits per heavy atom. The van der Waals surface area contributed by atoms with Crippen LogP contribution >= 0.6 is 0 Å². The number of hydrogen-bond donors (Lipinski definition) is 2. The molecule has 0 bridgehead atoms. The molecule has 138 valence electrons. The van der Waals surface area contributed by atoms with E-state index in [2.05, 4.69) is 21.8 Å². The molecule has 8 heteroatoms. The zero-order valence-electron chi connectivity index (χ0n) is 14.8. The third-order valence-corrected chi connectivity index (χ3v) is 5.19. The molecular formula is C17H27N5O3. The Balaban J connectivity index is 1.44. The third kappa shape index (κ3) is 4.31. The number of nitrogens with one attached hydrogen (secondary N) is 1. The van der Waals surface area contributed by atoms with Crippen LogP contribution in [0.15, 0.2) is 6.20 Å². The Labute approximate surface area is 147 Å². The number of carboxylic acids is 1. The minimum atomic E-state index is -0.745. The molecular weight excluding hydrogens is 322 g/mol. The molecule has 2 aliphatic rings. The van der Waals surface area contributed by atoms with Gasteiger partial charge in [-0.2, -0.15) is 0 Å². The van der Waals surface area contributed by atoms with E-state index < -0.39 is 5.97 Å². The molecule has 0 aliphatic carbocycles. The summed E-state index contributed by atoms with van der Waals surface area (Å²) in [6, 6.07) is 0.0507. The van der Waals surface area contributed by atoms with Crippen molar-refractivity contribution in [1.82, 2.24) is 24.7 Å². The average Bonchev–Trinajstić information content (AvgIpc) is 3.09. The van der Waals surface area contributed by atoms with Crippen molar-refractivity contribution < 1.29 is 14.7 Å². The number of aliphatic carboxylic acids is 1. The maximum atomic E-state index is 12.6. The summed E-state index contributed by atoms with van der Waals surface area (Å²) >= 11 is 0. The fourth-order valence-electron chi connectivity index (χ4n) is 3.49. The van der Waals surface area contributed by atoms with E-state index in [1.165, 1.54) is 0 Å². The topological polar surface area (TPSA) is 92.8 Å². The molecule has 1 aromatic rings. The molecule has 8 nitrogen and oxygen atoms in total. The van der Waals surface area contributed by atoms with Gasteiger partial charge in [0.25, 0.3) is 0 Å². The van der Waals surface area contributed by atoms with E-state index in [0.29, 0.717) is 39.0 Å². The highest BCUT2D eigenvalue weighted by Gasteiger charge is 2.30. The highest BCUT2D eigenvalue weighted by Crippen LogP contribution is 2.19. The number of piperidine rings is 1. The molecule has 0 saturated carbocycles. The number of hydrogen-bond acceptors (Lipinski definition) is 4. The zero-order chi connectivity index (χ0) is 17.8. The van der Waals surface area contributed by atoms with Crippen LogP contribution in [0, 0.1) is 5.92 Å². The maximum absolute atomic E-state index is 12.6. The van der Waals surface area contributed by atoms with Crippen molar-refractivity contribution in [2.24, 2.45) is 5.92 Å². The molecule has 1 aromatic heterocycles. The first-order valence-corrected chi connectivity index (χ1v) is 9.08. The van der Waals surface area contributed by atoms with Crippen molar-refractivity contribution in [3.05, 3.63) is 17.7 Å². The summed E-state index contributed by atoms with van der Waals surface area (Å²) in [6.07, 6.45) is 3.95. The predicted octanol–water partition coefficient (Wildman–Crippen LogP) is 1.01. The first kappa shape index (κ1) is 17.7. The van der Waals surface area contributed by atoms with Gasteiger partial charge in [-0.1, -0.05) is 6.92 Å². The lowest BCUT2D eigenvalue weighted by atomic mass is 9.97. The van der Waals surface area contributed by atoms with Crippen LogP contribution < -0.4 is 0 Å². The molecule has 0 aromatic carbocycles. The van der Waals surface area contributed by atoms with E-state index in [-0.39, 0.29) is 11.9 Å². The van der Waals surface area contributed by atoms with Gasteiger partial charge in [0.05, 0.1) is 12.5 Å². The van der Waals surface area contributed by atoms with E-state index in [9.17, 15) is 9.59 Å². The number of imidazole rings is 1. The van der Waals surface area contributed by atoms with Gasteiger partial charge in [0.2, 0.25) is 0 Å². The van der Waals surface area contributed by atoms with Crippen LogP contribution in [0.25, 0.3) is 0 Å². The molecule has 3 rings (SSSR count). The smallest absolute Gasteiger partial charge is 0.320 e. The van der Waals surface area contributed by atoms with Gasteiger partial charge in [-0.25, -0.2) is 9.78 Å². The summed E-state index contributed by atoms with van der Waals surface area (Å²) in [4.78, 5) is 37.3. The quantitative estimate of drug-likeness (QED) is 0.846. The molecule has 2 saturated heterocycles. The molecule has 2 N–H and O–H groups in total. The van der Waals surface area contributed by atoms with Gasteiger partial charge in [0.1, 0.15) is 5.82 Å². The second-order valence-corrected chi connectivity index (χ2v) is 6.85. The van der Waals surface area contributed by atoms with E-state index >= 15 is 0 Å². The van der Waals surface area contributed by atoms with E-state index in [0.717, 1.165) is 37.6 Å². The summed E-state index contributed by atoms with van der Waals surface area (Å²) < 4.78 is 0. The van der Waals surface area contributed by atoms with Crippen LogP contribution in [0.4, 0.5) is 4.79 Å². The first-order valence-electron chi connectivity index (χ1n) is 9.08. The number of aryl methyl sites for hydroxylation is 1. The average molecular weight is 349 g/mol. The molecule has 2 amide bonds. The number of amides is 2. The number of carbonyl (C=O) groups excluding carboxylic acids is 1. The normalized spacial score (nSPS) is 20.0. The number of H-pyrrole nitrogens is 1. The van der Waals surface area contributed by atoms with E-state index in [1.807, 2.05) is 11.1 Å². The number of rotatable bonds is 4. The fraction of sp³-hybridized carbons (Fsp3) is 0.706. The standard InChI is InChI=1S/C17H27N5O3/c1-2-14-11-18-15(19-14)12-20-7-9-22(10-8-20)17(25)21-5-3-13(4-6-21)16(23)24/h11,13H,2-10,12H2,1H3,(H,18,19)(H,23,24). The Morgan fingerprint density at radius 2 is 1.80 bits per heavy atom. The number of aromatic nitrogens is 2. The van der Waals surface area contributed by atoms with Crippen LogP contribution in [0.3, 0.4) is 0 Å². The van der Waals surface area contributed by atoms with Crippen molar-refractivity contribution in [2.45, 2.75) is 32.7 Å². The minimum absolute atomic E-state index is 0.0507. The SMILES string of the molecule is CCc1cnc(CN2CCN(C(=O)N3CCC(C(=O)O)CC3)CC2)[nH]1. The van der Waals surface area contributed by atoms with Crippen LogP contribution in [-0.4, -0.2) is 81.0 Å². The molecule has 3 heterocycles. The molecule has 0 radical (unpaired) electrons. The highest BCUT2D eigenvalue weighted by molar-refractivity contribution is 5.75. The molecule has 2 aliphatic heterocycles. The van der Waals surface area contributed by atoms with Crippen LogP contribution in [0.2, 0.25) is 0 Å². The second-order valence-electron chi connectivity index (χ2n) is 6.85. The van der Waals surface area contributed by atoms with Crippen molar-refractivity contribution in [3.63, 3.8) is 0 Å². The van der Waals surface area contributed by atoms with E-state index in [4.69, 9.17) is 5.11 Å². The zero-order valence-corrected chi connectivity index (χ0v) is 14.8. The van der Waals surface area contributed by atoms with Gasteiger partial charge in [-0.3, -0.25) is 9.69 Å². The van der Waals surface area contributed by atoms with Crippen LogP contribution in [0.1, 0.15) is 31.3 Å². The van der Waals surface area contributed by atoms with Gasteiger partial charge in [0.15, 0.2) is 0 Å². The van der Waals surface area contributed by atoms with Crippen molar-refractivity contribution in [3.8, 4) is 0 Å². The lowest BCUT2D eigenvalue weighted by Crippen LogP contribution is -2.54. The summed E-state index contributed by atoms with van der Waals surface area (Å²) in [5.74, 6) is -0.0700. The number of aromatic amines is 1. The van der Waals surface area contributed by atoms with Gasteiger partial charge in [-0.05, 0) is 19.3 Å². The number of likely N-dealkylation sites (tertiary alicyclic amines) is 1. The van der Waals surface area contributed by atoms with Crippen molar-refractivity contribution in [1.29, 1.82) is 0 Å². The van der Waals surface area contributed by atoms with E-state index in [1.54, 1.807) is 4.90 Å². The molecule has 25 heavy (non-hydrogen) atoms. The number of carbonyl (C=O) groups is 2. The minimum Gasteiger partial charge on any atom is -0.481 e. The Bertz CT molecular complexity index is 601. The van der Waals surface area contributed by atoms with Gasteiger partial charge >= 0.3 is 12.0 Å². The highest BCUT2D eigenvalue weighted by atomic mass is 16.4. The second kappa shape index (κ2) is 7.86. The number of urea groups is 1. The summed E-state index contributed by atoms with van der Waals surface area (Å²) in [5, 5.41) is 9.05. The van der Waals surface area contributed by atoms with Gasteiger partial charge in [-0.15, -0.1) is 0 Å². The van der Waals surface area contributed by atoms with Gasteiger partial charge in [0, 0.05) is 51.2 Å². The number of carboxylic acid groups (broad SMARTS) is 1. The Kier molecular flexibility index (Phi) is 5.57. The third-order valence-electron chi connectivity index (χ3n) is 5.19. The predicted molar refractivity (Wildman–Crippen MR) is 92.1 cm³/mol.